The maximum Gasteiger partial charge on any atom is 0.0349 e. The highest BCUT2D eigenvalue weighted by atomic mass is 32.1. The van der Waals surface area contributed by atoms with Crippen LogP contribution in [0.4, 0.5) is 0 Å². The van der Waals surface area contributed by atoms with Crippen molar-refractivity contribution in [3.8, 4) is 0 Å². The monoisotopic (exact) mass is 160 g/mol. The molecule has 1 aromatic heterocycles. The average molecular weight is 160 g/mol. The Balaban J connectivity index is 2.78. The summed E-state index contributed by atoms with van der Waals surface area (Å²) < 4.78 is 1.34. The summed E-state index contributed by atoms with van der Waals surface area (Å²) in [6.45, 7) is 3.74. The van der Waals surface area contributed by atoms with Gasteiger partial charge < -0.3 is 0 Å². The van der Waals surface area contributed by atoms with Gasteiger partial charge in [-0.15, -0.1) is 11.3 Å². The van der Waals surface area contributed by atoms with Gasteiger partial charge in [0.15, 0.2) is 0 Å². The first kappa shape index (κ1) is 6.62. The summed E-state index contributed by atoms with van der Waals surface area (Å²) >= 11 is 1.78. The highest BCUT2D eigenvalue weighted by molar-refractivity contribution is 7.19. The van der Waals surface area contributed by atoms with E-state index >= 15 is 0 Å². The first-order valence-corrected chi connectivity index (χ1v) is 4.33. The zero-order chi connectivity index (χ0) is 7.68. The van der Waals surface area contributed by atoms with Gasteiger partial charge >= 0.3 is 0 Å². The molecule has 0 N–H and O–H groups in total. The molecule has 0 saturated carbocycles. The number of rotatable bonds is 1. The second-order valence-corrected chi connectivity index (χ2v) is 3.51. The number of benzene rings is 1. The van der Waals surface area contributed by atoms with Gasteiger partial charge in [-0.25, -0.2) is 0 Å². The van der Waals surface area contributed by atoms with Crippen LogP contribution >= 0.6 is 11.3 Å². The first-order chi connectivity index (χ1) is 5.40. The van der Waals surface area contributed by atoms with E-state index in [1.807, 2.05) is 6.08 Å². The van der Waals surface area contributed by atoms with Crippen LogP contribution in [0.3, 0.4) is 0 Å². The molecule has 0 bridgehead atoms. The van der Waals surface area contributed by atoms with Crippen LogP contribution in [0.1, 0.15) is 4.88 Å². The quantitative estimate of drug-likeness (QED) is 0.598. The summed E-state index contributed by atoms with van der Waals surface area (Å²) in [5, 5.41) is 1.31. The van der Waals surface area contributed by atoms with Gasteiger partial charge in [0.2, 0.25) is 0 Å². The first-order valence-electron chi connectivity index (χ1n) is 3.51. The molecular formula is C10H8S. The van der Waals surface area contributed by atoms with E-state index in [0.717, 1.165) is 0 Å². The van der Waals surface area contributed by atoms with E-state index in [1.165, 1.54) is 15.0 Å². The van der Waals surface area contributed by atoms with Crippen LogP contribution in [-0.4, -0.2) is 0 Å². The SMILES string of the molecule is C=Cc1cc2ccccc2s1. The molecule has 0 aliphatic carbocycles. The van der Waals surface area contributed by atoms with Crippen LogP contribution in [0.5, 0.6) is 0 Å². The van der Waals surface area contributed by atoms with Crippen LogP contribution in [0.25, 0.3) is 16.2 Å². The molecule has 2 rings (SSSR count). The van der Waals surface area contributed by atoms with Crippen LogP contribution in [0.15, 0.2) is 36.9 Å². The Morgan fingerprint density at radius 1 is 1.27 bits per heavy atom. The Labute approximate surface area is 69.8 Å². The van der Waals surface area contributed by atoms with E-state index in [-0.39, 0.29) is 0 Å². The summed E-state index contributed by atoms with van der Waals surface area (Å²) in [7, 11) is 0. The van der Waals surface area contributed by atoms with E-state index in [0.29, 0.717) is 0 Å². The van der Waals surface area contributed by atoms with Gasteiger partial charge in [-0.05, 0) is 17.5 Å². The van der Waals surface area contributed by atoms with Gasteiger partial charge in [-0.3, -0.25) is 0 Å². The molecular weight excluding hydrogens is 152 g/mol. The van der Waals surface area contributed by atoms with Gasteiger partial charge in [0.05, 0.1) is 0 Å². The van der Waals surface area contributed by atoms with Crippen LogP contribution in [0, 0.1) is 0 Å². The highest BCUT2D eigenvalue weighted by Gasteiger charge is 1.95. The van der Waals surface area contributed by atoms with Crippen molar-refractivity contribution >= 4 is 27.5 Å². The number of hydrogen-bond acceptors (Lipinski definition) is 1. The molecule has 0 radical (unpaired) electrons. The lowest BCUT2D eigenvalue weighted by molar-refractivity contribution is 1.85. The van der Waals surface area contributed by atoms with Crippen molar-refractivity contribution in [3.05, 3.63) is 41.8 Å². The molecule has 0 unspecified atom stereocenters. The fraction of sp³-hybridized carbons (Fsp3) is 0. The van der Waals surface area contributed by atoms with E-state index < -0.39 is 0 Å². The van der Waals surface area contributed by atoms with Crippen molar-refractivity contribution in [2.75, 3.05) is 0 Å². The predicted octanol–water partition coefficient (Wildman–Crippen LogP) is 3.54. The van der Waals surface area contributed by atoms with Crippen molar-refractivity contribution in [3.63, 3.8) is 0 Å². The van der Waals surface area contributed by atoms with Gasteiger partial charge in [-0.2, -0.15) is 0 Å². The maximum atomic E-state index is 3.74. The number of thiophene rings is 1. The minimum atomic E-state index is 1.24. The Hall–Kier alpha value is -1.08. The van der Waals surface area contributed by atoms with E-state index in [4.69, 9.17) is 0 Å². The van der Waals surface area contributed by atoms with Crippen molar-refractivity contribution in [1.29, 1.82) is 0 Å². The molecule has 0 amide bonds. The van der Waals surface area contributed by atoms with Crippen LogP contribution in [-0.2, 0) is 0 Å². The second-order valence-electron chi connectivity index (χ2n) is 2.39. The molecule has 0 nitrogen and oxygen atoms in total. The van der Waals surface area contributed by atoms with E-state index in [2.05, 4.69) is 36.9 Å². The third-order valence-electron chi connectivity index (χ3n) is 1.65. The third kappa shape index (κ3) is 1.08. The standard InChI is InChI=1S/C10H8S/c1-2-9-7-8-5-3-4-6-10(8)11-9/h2-7H,1H2. The molecule has 2 aromatic rings. The summed E-state index contributed by atoms with van der Waals surface area (Å²) in [5.41, 5.74) is 0. The molecule has 0 spiro atoms. The van der Waals surface area contributed by atoms with Gasteiger partial charge in [0, 0.05) is 9.58 Å². The van der Waals surface area contributed by atoms with Crippen molar-refractivity contribution in [2.24, 2.45) is 0 Å². The Bertz CT molecular complexity index is 351. The highest BCUT2D eigenvalue weighted by Crippen LogP contribution is 2.25. The van der Waals surface area contributed by atoms with Crippen molar-refractivity contribution in [2.45, 2.75) is 0 Å². The summed E-state index contributed by atoms with van der Waals surface area (Å²) in [5.74, 6) is 0. The summed E-state index contributed by atoms with van der Waals surface area (Å²) in [4.78, 5) is 1.24. The van der Waals surface area contributed by atoms with Crippen LogP contribution in [0.2, 0.25) is 0 Å². The Morgan fingerprint density at radius 2 is 2.09 bits per heavy atom. The molecule has 0 atom stereocenters. The smallest absolute Gasteiger partial charge is 0.0349 e. The predicted molar refractivity (Wildman–Crippen MR) is 51.9 cm³/mol. The average Bonchev–Trinajstić information content (AvgIpc) is 2.46. The van der Waals surface area contributed by atoms with Crippen molar-refractivity contribution in [1.82, 2.24) is 0 Å². The summed E-state index contributed by atoms with van der Waals surface area (Å²) in [6, 6.07) is 10.5. The minimum absolute atomic E-state index is 1.24. The third-order valence-corrected chi connectivity index (χ3v) is 2.76. The molecule has 0 aliphatic rings. The number of fused-ring (bicyclic) bond motifs is 1. The van der Waals surface area contributed by atoms with Gasteiger partial charge in [0.1, 0.15) is 0 Å². The Kier molecular flexibility index (Phi) is 1.51. The zero-order valence-corrected chi connectivity index (χ0v) is 6.90. The maximum absolute atomic E-state index is 3.74. The molecule has 1 heteroatoms. The topological polar surface area (TPSA) is 0 Å². The minimum Gasteiger partial charge on any atom is -0.136 e. The molecule has 1 heterocycles. The number of hydrogen-bond donors (Lipinski definition) is 0. The van der Waals surface area contributed by atoms with E-state index in [9.17, 15) is 0 Å². The molecule has 1 aromatic carbocycles. The second kappa shape index (κ2) is 2.51. The Morgan fingerprint density at radius 3 is 2.82 bits per heavy atom. The lowest BCUT2D eigenvalue weighted by Gasteiger charge is -1.82. The lowest BCUT2D eigenvalue weighted by atomic mass is 10.2. The normalized spacial score (nSPS) is 10.2. The largest absolute Gasteiger partial charge is 0.136 e. The molecule has 0 aliphatic heterocycles. The summed E-state index contributed by atoms with van der Waals surface area (Å²) in [6.07, 6.45) is 1.89. The van der Waals surface area contributed by atoms with Gasteiger partial charge in [-0.1, -0.05) is 30.9 Å². The fourth-order valence-electron chi connectivity index (χ4n) is 1.10. The molecule has 0 saturated heterocycles. The lowest BCUT2D eigenvalue weighted by Crippen LogP contribution is -1.56. The van der Waals surface area contributed by atoms with Crippen molar-refractivity contribution < 1.29 is 0 Å². The van der Waals surface area contributed by atoms with Crippen LogP contribution < -0.4 is 0 Å². The fourth-order valence-corrected chi connectivity index (χ4v) is 2.02. The van der Waals surface area contributed by atoms with E-state index in [1.54, 1.807) is 11.3 Å². The molecule has 11 heavy (non-hydrogen) atoms. The molecule has 0 fully saturated rings. The molecule has 54 valence electrons. The van der Waals surface area contributed by atoms with Gasteiger partial charge in [0.25, 0.3) is 0 Å². The zero-order valence-electron chi connectivity index (χ0n) is 6.08.